The number of aromatic amines is 1. The molecule has 1 unspecified atom stereocenters. The molecule has 5 nitrogen and oxygen atoms in total. The molecule has 1 atom stereocenters. The van der Waals surface area contributed by atoms with Crippen LogP contribution in [-0.2, 0) is 0 Å². The maximum Gasteiger partial charge on any atom is 0.251 e. The fourth-order valence-corrected chi connectivity index (χ4v) is 2.99. The molecule has 0 radical (unpaired) electrons. The molecule has 3 aromatic rings. The molecule has 1 amide bonds. The zero-order chi connectivity index (χ0) is 17.2. The van der Waals surface area contributed by atoms with E-state index in [0.717, 1.165) is 17.0 Å². The van der Waals surface area contributed by atoms with Crippen molar-refractivity contribution in [2.75, 3.05) is 0 Å². The van der Waals surface area contributed by atoms with E-state index in [0.29, 0.717) is 11.4 Å². The molecule has 2 aromatic carbocycles. The van der Waals surface area contributed by atoms with Crippen LogP contribution >= 0.6 is 0 Å². The van der Waals surface area contributed by atoms with E-state index in [1.165, 1.54) is 24.7 Å². The van der Waals surface area contributed by atoms with Crippen LogP contribution in [0.25, 0.3) is 11.4 Å². The summed E-state index contributed by atoms with van der Waals surface area (Å²) in [5.41, 5.74) is 3.97. The molecule has 0 bridgehead atoms. The first kappa shape index (κ1) is 15.6. The van der Waals surface area contributed by atoms with Crippen LogP contribution in [0.4, 0.5) is 0 Å². The summed E-state index contributed by atoms with van der Waals surface area (Å²) in [6.07, 6.45) is 4.05. The van der Waals surface area contributed by atoms with Gasteiger partial charge in [0.15, 0.2) is 5.82 Å². The second-order valence-corrected chi connectivity index (χ2v) is 6.55. The van der Waals surface area contributed by atoms with Gasteiger partial charge in [0.05, 0.1) is 6.04 Å². The quantitative estimate of drug-likeness (QED) is 0.746. The van der Waals surface area contributed by atoms with Crippen molar-refractivity contribution in [2.24, 2.45) is 0 Å². The number of H-pyrrole nitrogens is 1. The molecule has 4 rings (SSSR count). The lowest BCUT2D eigenvalue weighted by molar-refractivity contribution is 0.0940. The van der Waals surface area contributed by atoms with Gasteiger partial charge in [0.1, 0.15) is 6.33 Å². The third-order valence-corrected chi connectivity index (χ3v) is 4.65. The van der Waals surface area contributed by atoms with Crippen molar-refractivity contribution in [3.63, 3.8) is 0 Å². The van der Waals surface area contributed by atoms with Gasteiger partial charge in [-0.25, -0.2) is 4.98 Å². The highest BCUT2D eigenvalue weighted by atomic mass is 16.1. The van der Waals surface area contributed by atoms with Crippen LogP contribution in [0.5, 0.6) is 0 Å². The predicted molar refractivity (Wildman–Crippen MR) is 96.1 cm³/mol. The average molecular weight is 332 g/mol. The number of amides is 1. The van der Waals surface area contributed by atoms with Crippen molar-refractivity contribution in [3.8, 4) is 11.4 Å². The Labute approximate surface area is 146 Å². The minimum atomic E-state index is -0.0971. The van der Waals surface area contributed by atoms with Gasteiger partial charge in [-0.1, -0.05) is 36.4 Å². The Kier molecular flexibility index (Phi) is 4.06. The number of benzene rings is 2. The molecular weight excluding hydrogens is 312 g/mol. The maximum absolute atomic E-state index is 12.6. The first-order valence-corrected chi connectivity index (χ1v) is 8.57. The van der Waals surface area contributed by atoms with E-state index >= 15 is 0 Å². The van der Waals surface area contributed by atoms with Crippen LogP contribution < -0.4 is 5.32 Å². The number of hydrogen-bond acceptors (Lipinski definition) is 3. The minimum Gasteiger partial charge on any atom is -0.346 e. The van der Waals surface area contributed by atoms with Gasteiger partial charge in [-0.2, -0.15) is 5.10 Å². The Morgan fingerprint density at radius 1 is 1.20 bits per heavy atom. The summed E-state index contributed by atoms with van der Waals surface area (Å²) in [6.45, 7) is 2.00. The molecule has 0 saturated heterocycles. The Balaban J connectivity index is 1.46. The summed E-state index contributed by atoms with van der Waals surface area (Å²) >= 11 is 0. The fourth-order valence-electron chi connectivity index (χ4n) is 2.99. The molecule has 1 aliphatic carbocycles. The molecule has 0 spiro atoms. The van der Waals surface area contributed by atoms with Crippen molar-refractivity contribution < 1.29 is 4.79 Å². The van der Waals surface area contributed by atoms with Gasteiger partial charge in [-0.05, 0) is 48.9 Å². The molecule has 5 heteroatoms. The lowest BCUT2D eigenvalue weighted by atomic mass is 10.0. The number of nitrogens with one attached hydrogen (secondary N) is 2. The predicted octanol–water partition coefficient (Wildman–Crippen LogP) is 3.84. The summed E-state index contributed by atoms with van der Waals surface area (Å²) in [5, 5.41) is 9.73. The number of carbonyl (C=O) groups is 1. The first-order valence-electron chi connectivity index (χ1n) is 8.57. The average Bonchev–Trinajstić information content (AvgIpc) is 3.36. The Bertz CT molecular complexity index is 867. The topological polar surface area (TPSA) is 70.7 Å². The highest BCUT2D eigenvalue weighted by molar-refractivity contribution is 5.95. The molecule has 126 valence electrons. The smallest absolute Gasteiger partial charge is 0.251 e. The number of aromatic nitrogens is 3. The summed E-state index contributed by atoms with van der Waals surface area (Å²) in [7, 11) is 0. The van der Waals surface area contributed by atoms with Crippen molar-refractivity contribution >= 4 is 5.91 Å². The zero-order valence-corrected chi connectivity index (χ0v) is 14.1. The molecule has 1 aromatic heterocycles. The van der Waals surface area contributed by atoms with Gasteiger partial charge in [0, 0.05) is 11.1 Å². The lowest BCUT2D eigenvalue weighted by Gasteiger charge is -2.15. The van der Waals surface area contributed by atoms with E-state index in [4.69, 9.17) is 0 Å². The Morgan fingerprint density at radius 3 is 2.68 bits per heavy atom. The van der Waals surface area contributed by atoms with Crippen LogP contribution in [0.15, 0.2) is 54.9 Å². The van der Waals surface area contributed by atoms with E-state index in [-0.39, 0.29) is 11.9 Å². The summed E-state index contributed by atoms with van der Waals surface area (Å²) < 4.78 is 0. The number of nitrogens with zero attached hydrogens (tertiary/aromatic N) is 2. The second-order valence-electron chi connectivity index (χ2n) is 6.55. The van der Waals surface area contributed by atoms with Crippen molar-refractivity contribution in [1.82, 2.24) is 20.5 Å². The second kappa shape index (κ2) is 6.51. The van der Waals surface area contributed by atoms with E-state index in [1.807, 2.05) is 25.1 Å². The molecular formula is C20H20N4O. The van der Waals surface area contributed by atoms with E-state index in [2.05, 4.69) is 44.8 Å². The van der Waals surface area contributed by atoms with Crippen LogP contribution in [0, 0.1) is 0 Å². The number of hydrogen-bond donors (Lipinski definition) is 2. The normalized spacial score (nSPS) is 14.9. The molecule has 1 heterocycles. The maximum atomic E-state index is 12.6. The van der Waals surface area contributed by atoms with Crippen molar-refractivity contribution in [3.05, 3.63) is 71.5 Å². The van der Waals surface area contributed by atoms with Gasteiger partial charge < -0.3 is 5.32 Å². The lowest BCUT2D eigenvalue weighted by Crippen LogP contribution is -2.26. The van der Waals surface area contributed by atoms with Crippen LogP contribution in [0.2, 0.25) is 0 Å². The largest absolute Gasteiger partial charge is 0.346 e. The third kappa shape index (κ3) is 3.45. The van der Waals surface area contributed by atoms with Gasteiger partial charge in [0.2, 0.25) is 0 Å². The molecule has 1 aliphatic rings. The Morgan fingerprint density at radius 2 is 2.00 bits per heavy atom. The highest BCUT2D eigenvalue weighted by Gasteiger charge is 2.23. The minimum absolute atomic E-state index is 0.0466. The van der Waals surface area contributed by atoms with Crippen LogP contribution in [0.1, 0.15) is 53.2 Å². The molecule has 2 N–H and O–H groups in total. The summed E-state index contributed by atoms with van der Waals surface area (Å²) in [6, 6.07) is 15.9. The van der Waals surface area contributed by atoms with Crippen LogP contribution in [0.3, 0.4) is 0 Å². The zero-order valence-electron chi connectivity index (χ0n) is 14.1. The standard InChI is InChI=1S/C20H20N4O/c1-13(14-5-7-15(8-6-14)16-9-10-16)23-20(25)18-4-2-3-17(11-18)19-21-12-22-24-19/h2-8,11-13,16H,9-10H2,1H3,(H,23,25)(H,21,22,24). The van der Waals surface area contributed by atoms with Crippen LogP contribution in [-0.4, -0.2) is 21.1 Å². The number of rotatable bonds is 5. The van der Waals surface area contributed by atoms with Gasteiger partial charge >= 0.3 is 0 Å². The van der Waals surface area contributed by atoms with Crippen molar-refractivity contribution in [2.45, 2.75) is 31.7 Å². The van der Waals surface area contributed by atoms with E-state index in [9.17, 15) is 4.79 Å². The van der Waals surface area contributed by atoms with Gasteiger partial charge in [-0.15, -0.1) is 0 Å². The fraction of sp³-hybridized carbons (Fsp3) is 0.250. The molecule has 25 heavy (non-hydrogen) atoms. The monoisotopic (exact) mass is 332 g/mol. The molecule has 0 aliphatic heterocycles. The number of carbonyl (C=O) groups excluding carboxylic acids is 1. The van der Waals surface area contributed by atoms with Gasteiger partial charge in [0.25, 0.3) is 5.91 Å². The third-order valence-electron chi connectivity index (χ3n) is 4.65. The van der Waals surface area contributed by atoms with Crippen molar-refractivity contribution in [1.29, 1.82) is 0 Å². The SMILES string of the molecule is CC(NC(=O)c1cccc(-c2ncn[nH]2)c1)c1ccc(C2CC2)cc1. The molecule has 1 saturated carbocycles. The summed E-state index contributed by atoms with van der Waals surface area (Å²) in [4.78, 5) is 16.7. The molecule has 1 fully saturated rings. The first-order chi connectivity index (χ1) is 12.2. The van der Waals surface area contributed by atoms with Gasteiger partial charge in [-0.3, -0.25) is 9.89 Å². The Hall–Kier alpha value is -2.95. The van der Waals surface area contributed by atoms with E-state index < -0.39 is 0 Å². The highest BCUT2D eigenvalue weighted by Crippen LogP contribution is 2.40. The summed E-state index contributed by atoms with van der Waals surface area (Å²) in [5.74, 6) is 1.30. The van der Waals surface area contributed by atoms with E-state index in [1.54, 1.807) is 6.07 Å².